The number of aromatic hydroxyl groups is 1. The molecular formula is C12H14O3. The van der Waals surface area contributed by atoms with Gasteiger partial charge in [0.1, 0.15) is 0 Å². The van der Waals surface area contributed by atoms with Gasteiger partial charge in [0.05, 0.1) is 6.42 Å². The van der Waals surface area contributed by atoms with Crippen LogP contribution in [0.15, 0.2) is 12.1 Å². The molecule has 0 radical (unpaired) electrons. The van der Waals surface area contributed by atoms with E-state index in [-0.39, 0.29) is 17.1 Å². The number of phenolic OH excluding ortho intramolecular Hbond substituents is 1. The molecule has 0 spiro atoms. The third kappa shape index (κ3) is 1.48. The maximum absolute atomic E-state index is 11.4. The summed E-state index contributed by atoms with van der Waals surface area (Å²) in [6.45, 7) is 5.93. The van der Waals surface area contributed by atoms with Crippen LogP contribution < -0.4 is 4.74 Å². The number of ether oxygens (including phenoxy) is 1. The van der Waals surface area contributed by atoms with Crippen molar-refractivity contribution < 1.29 is 14.6 Å². The van der Waals surface area contributed by atoms with Crippen molar-refractivity contribution in [1.82, 2.24) is 0 Å². The number of carbonyl (C=O) groups is 1. The second-order valence-corrected chi connectivity index (χ2v) is 4.64. The van der Waals surface area contributed by atoms with Gasteiger partial charge in [0, 0.05) is 11.0 Å². The minimum atomic E-state index is -0.284. The van der Waals surface area contributed by atoms with Gasteiger partial charge in [-0.05, 0) is 18.6 Å². The van der Waals surface area contributed by atoms with E-state index in [1.54, 1.807) is 6.07 Å². The maximum atomic E-state index is 11.4. The van der Waals surface area contributed by atoms with Gasteiger partial charge in [-0.1, -0.05) is 19.9 Å². The average molecular weight is 206 g/mol. The molecule has 0 saturated carbocycles. The predicted molar refractivity (Wildman–Crippen MR) is 56.1 cm³/mol. The van der Waals surface area contributed by atoms with Crippen LogP contribution in [0.25, 0.3) is 0 Å². The first kappa shape index (κ1) is 10.0. The van der Waals surface area contributed by atoms with Gasteiger partial charge in [-0.15, -0.1) is 0 Å². The number of carbonyl (C=O) groups excluding carboxylic acids is 1. The highest BCUT2D eigenvalue weighted by Crippen LogP contribution is 2.45. The number of aryl methyl sites for hydroxylation is 1. The molecule has 0 aromatic heterocycles. The summed E-state index contributed by atoms with van der Waals surface area (Å²) in [4.78, 5) is 11.4. The molecule has 0 fully saturated rings. The third-order valence-corrected chi connectivity index (χ3v) is 2.82. The van der Waals surface area contributed by atoms with Crippen molar-refractivity contribution in [2.24, 2.45) is 0 Å². The van der Waals surface area contributed by atoms with Crippen molar-refractivity contribution in [3.8, 4) is 11.5 Å². The SMILES string of the molecule is Cc1ccc(O)c2c1C(C)(C)CC(=O)O2. The van der Waals surface area contributed by atoms with Crippen molar-refractivity contribution in [3.05, 3.63) is 23.3 Å². The van der Waals surface area contributed by atoms with Crippen LogP contribution in [-0.4, -0.2) is 11.1 Å². The lowest BCUT2D eigenvalue weighted by Crippen LogP contribution is -2.31. The monoisotopic (exact) mass is 206 g/mol. The number of fused-ring (bicyclic) bond motifs is 1. The fraction of sp³-hybridized carbons (Fsp3) is 0.417. The highest BCUT2D eigenvalue weighted by atomic mass is 16.5. The number of esters is 1. The second-order valence-electron chi connectivity index (χ2n) is 4.64. The van der Waals surface area contributed by atoms with Crippen LogP contribution in [0.5, 0.6) is 11.5 Å². The molecule has 1 heterocycles. The van der Waals surface area contributed by atoms with E-state index in [0.717, 1.165) is 11.1 Å². The minimum Gasteiger partial charge on any atom is -0.504 e. The summed E-state index contributed by atoms with van der Waals surface area (Å²) in [5.41, 5.74) is 1.70. The molecule has 0 saturated heterocycles. The van der Waals surface area contributed by atoms with Crippen LogP contribution in [0.3, 0.4) is 0 Å². The first-order valence-electron chi connectivity index (χ1n) is 4.95. The Kier molecular flexibility index (Phi) is 2.00. The van der Waals surface area contributed by atoms with Crippen molar-refractivity contribution in [2.75, 3.05) is 0 Å². The van der Waals surface area contributed by atoms with E-state index < -0.39 is 0 Å². The van der Waals surface area contributed by atoms with Crippen LogP contribution in [0.4, 0.5) is 0 Å². The van der Waals surface area contributed by atoms with Gasteiger partial charge in [0.2, 0.25) is 0 Å². The summed E-state index contributed by atoms with van der Waals surface area (Å²) in [6, 6.07) is 3.40. The molecule has 1 aliphatic heterocycles. The zero-order valence-corrected chi connectivity index (χ0v) is 9.13. The maximum Gasteiger partial charge on any atom is 0.312 e. The Morgan fingerprint density at radius 1 is 1.40 bits per heavy atom. The third-order valence-electron chi connectivity index (χ3n) is 2.82. The van der Waals surface area contributed by atoms with Gasteiger partial charge >= 0.3 is 5.97 Å². The minimum absolute atomic E-state index is 0.0386. The molecule has 1 aromatic rings. The lowest BCUT2D eigenvalue weighted by Gasteiger charge is -2.32. The van der Waals surface area contributed by atoms with E-state index in [9.17, 15) is 9.90 Å². The summed E-state index contributed by atoms with van der Waals surface area (Å²) < 4.78 is 5.09. The fourth-order valence-corrected chi connectivity index (χ4v) is 2.21. The molecular weight excluding hydrogens is 192 g/mol. The standard InChI is InChI=1S/C12H14O3/c1-7-4-5-8(13)11-10(7)12(2,3)6-9(14)15-11/h4-5,13H,6H2,1-3H3. The summed E-state index contributed by atoms with van der Waals surface area (Å²) in [6.07, 6.45) is 0.351. The number of hydrogen-bond donors (Lipinski definition) is 1. The highest BCUT2D eigenvalue weighted by molar-refractivity contribution is 5.79. The molecule has 0 unspecified atom stereocenters. The smallest absolute Gasteiger partial charge is 0.312 e. The molecule has 0 atom stereocenters. The Bertz CT molecular complexity index is 433. The van der Waals surface area contributed by atoms with Crippen molar-refractivity contribution >= 4 is 5.97 Å². The van der Waals surface area contributed by atoms with Gasteiger partial charge in [-0.3, -0.25) is 4.79 Å². The van der Waals surface area contributed by atoms with E-state index in [1.165, 1.54) is 0 Å². The molecule has 1 aliphatic rings. The lowest BCUT2D eigenvalue weighted by atomic mass is 9.77. The first-order chi connectivity index (χ1) is 6.92. The summed E-state index contributed by atoms with van der Waals surface area (Å²) >= 11 is 0. The molecule has 3 nitrogen and oxygen atoms in total. The molecule has 15 heavy (non-hydrogen) atoms. The molecule has 0 aliphatic carbocycles. The molecule has 1 aromatic carbocycles. The Morgan fingerprint density at radius 3 is 2.73 bits per heavy atom. The van der Waals surface area contributed by atoms with Gasteiger partial charge in [-0.25, -0.2) is 0 Å². The van der Waals surface area contributed by atoms with Crippen LogP contribution in [0.1, 0.15) is 31.4 Å². The predicted octanol–water partition coefficient (Wildman–Crippen LogP) is 2.29. The van der Waals surface area contributed by atoms with Crippen LogP contribution in [0, 0.1) is 6.92 Å². The Labute approximate surface area is 88.7 Å². The van der Waals surface area contributed by atoms with E-state index in [1.807, 2.05) is 26.8 Å². The molecule has 80 valence electrons. The first-order valence-corrected chi connectivity index (χ1v) is 4.95. The average Bonchev–Trinajstić information content (AvgIpc) is 2.09. The lowest BCUT2D eigenvalue weighted by molar-refractivity contribution is -0.137. The second kappa shape index (κ2) is 2.99. The molecule has 2 rings (SSSR count). The number of rotatable bonds is 0. The Morgan fingerprint density at radius 2 is 2.07 bits per heavy atom. The van der Waals surface area contributed by atoms with E-state index in [4.69, 9.17) is 4.74 Å². The number of benzene rings is 1. The molecule has 1 N–H and O–H groups in total. The molecule has 0 bridgehead atoms. The Balaban J connectivity index is 2.71. The Hall–Kier alpha value is -1.51. The summed E-state index contributed by atoms with van der Waals surface area (Å²) in [7, 11) is 0. The number of phenols is 1. The van der Waals surface area contributed by atoms with Gasteiger partial charge < -0.3 is 9.84 Å². The largest absolute Gasteiger partial charge is 0.504 e. The van der Waals surface area contributed by atoms with Gasteiger partial charge in [0.25, 0.3) is 0 Å². The molecule has 0 amide bonds. The van der Waals surface area contributed by atoms with E-state index >= 15 is 0 Å². The topological polar surface area (TPSA) is 46.5 Å². The van der Waals surface area contributed by atoms with Crippen molar-refractivity contribution in [1.29, 1.82) is 0 Å². The van der Waals surface area contributed by atoms with Crippen LogP contribution >= 0.6 is 0 Å². The van der Waals surface area contributed by atoms with Gasteiger partial charge in [-0.2, -0.15) is 0 Å². The molecule has 3 heteroatoms. The number of hydrogen-bond acceptors (Lipinski definition) is 3. The summed E-state index contributed by atoms with van der Waals surface area (Å²) in [5, 5.41) is 9.65. The van der Waals surface area contributed by atoms with Crippen molar-refractivity contribution in [2.45, 2.75) is 32.6 Å². The zero-order valence-electron chi connectivity index (χ0n) is 9.13. The van der Waals surface area contributed by atoms with Crippen LogP contribution in [-0.2, 0) is 10.2 Å². The fourth-order valence-electron chi connectivity index (χ4n) is 2.21. The van der Waals surface area contributed by atoms with E-state index in [2.05, 4.69) is 0 Å². The van der Waals surface area contributed by atoms with E-state index in [0.29, 0.717) is 12.2 Å². The zero-order chi connectivity index (χ0) is 11.2. The summed E-state index contributed by atoms with van der Waals surface area (Å²) in [5.74, 6) is 0.0846. The highest BCUT2D eigenvalue weighted by Gasteiger charge is 2.36. The van der Waals surface area contributed by atoms with Gasteiger partial charge in [0.15, 0.2) is 11.5 Å². The quantitative estimate of drug-likeness (QED) is 0.523. The van der Waals surface area contributed by atoms with Crippen molar-refractivity contribution in [3.63, 3.8) is 0 Å². The van der Waals surface area contributed by atoms with Crippen LogP contribution in [0.2, 0.25) is 0 Å². The normalized spacial score (nSPS) is 18.2.